The molecule has 2 aromatic rings. The summed E-state index contributed by atoms with van der Waals surface area (Å²) in [4.78, 5) is 0. The molecular formula is C20H26. The Balaban J connectivity index is 2.55. The van der Waals surface area contributed by atoms with Crippen LogP contribution in [-0.2, 0) is 11.8 Å². The molecule has 0 saturated heterocycles. The van der Waals surface area contributed by atoms with E-state index >= 15 is 0 Å². The van der Waals surface area contributed by atoms with Crippen LogP contribution in [0.25, 0.3) is 11.1 Å². The second-order valence-corrected chi connectivity index (χ2v) is 7.09. The molecule has 0 N–H and O–H groups in total. The van der Waals surface area contributed by atoms with Gasteiger partial charge >= 0.3 is 0 Å². The molecule has 0 aliphatic heterocycles. The van der Waals surface area contributed by atoms with Gasteiger partial charge in [-0.25, -0.2) is 0 Å². The lowest BCUT2D eigenvalue weighted by atomic mass is 9.80. The van der Waals surface area contributed by atoms with Gasteiger partial charge in [0.2, 0.25) is 0 Å². The molecule has 0 saturated carbocycles. The summed E-state index contributed by atoms with van der Waals surface area (Å²) in [5.41, 5.74) is 5.74. The highest BCUT2D eigenvalue weighted by Crippen LogP contribution is 2.34. The highest BCUT2D eigenvalue weighted by Gasteiger charge is 2.19. The average Bonchev–Trinajstić information content (AvgIpc) is 2.37. The van der Waals surface area contributed by atoms with Gasteiger partial charge in [-0.3, -0.25) is 0 Å². The molecule has 2 rings (SSSR count). The number of hydrogen-bond acceptors (Lipinski definition) is 0. The van der Waals surface area contributed by atoms with Crippen molar-refractivity contribution in [3.63, 3.8) is 0 Å². The van der Waals surface area contributed by atoms with E-state index in [9.17, 15) is 0 Å². The number of benzene rings is 2. The van der Waals surface area contributed by atoms with E-state index in [1.54, 1.807) is 0 Å². The van der Waals surface area contributed by atoms with Gasteiger partial charge in [-0.2, -0.15) is 0 Å². The molecule has 0 atom stereocenters. The van der Waals surface area contributed by atoms with Crippen LogP contribution in [0.2, 0.25) is 0 Å². The van der Waals surface area contributed by atoms with Gasteiger partial charge in [0.05, 0.1) is 0 Å². The minimum Gasteiger partial charge on any atom is -0.0625 e. The monoisotopic (exact) mass is 266 g/mol. The molecule has 0 radical (unpaired) electrons. The zero-order valence-electron chi connectivity index (χ0n) is 13.4. The van der Waals surface area contributed by atoms with Crippen LogP contribution < -0.4 is 0 Å². The molecule has 0 unspecified atom stereocenters. The van der Waals surface area contributed by atoms with Gasteiger partial charge in [0.25, 0.3) is 0 Å². The lowest BCUT2D eigenvalue weighted by Gasteiger charge is -2.24. The molecular weight excluding hydrogens is 240 g/mol. The minimum atomic E-state index is 0.168. The van der Waals surface area contributed by atoms with Gasteiger partial charge in [-0.1, -0.05) is 83.1 Å². The van der Waals surface area contributed by atoms with Gasteiger partial charge in [0.1, 0.15) is 0 Å². The second-order valence-electron chi connectivity index (χ2n) is 7.09. The summed E-state index contributed by atoms with van der Waals surface area (Å²) in [6, 6.07) is 17.8. The maximum absolute atomic E-state index is 2.38. The Morgan fingerprint density at radius 2 is 1.55 bits per heavy atom. The van der Waals surface area contributed by atoms with Crippen LogP contribution in [0.15, 0.2) is 48.5 Å². The van der Waals surface area contributed by atoms with Crippen molar-refractivity contribution in [1.82, 2.24) is 0 Å². The highest BCUT2D eigenvalue weighted by molar-refractivity contribution is 5.69. The third-order valence-corrected chi connectivity index (χ3v) is 3.62. The standard InChI is InChI=1S/C20H26/c1-15(2)13-16-11-12-19(20(3,4)5)18(14-16)17-9-7-6-8-10-17/h6-12,14-15H,13H2,1-5H3. The Hall–Kier alpha value is -1.56. The van der Waals surface area contributed by atoms with Crippen molar-refractivity contribution in [3.05, 3.63) is 59.7 Å². The fraction of sp³-hybridized carbons (Fsp3) is 0.400. The van der Waals surface area contributed by atoms with Crippen LogP contribution in [0.4, 0.5) is 0 Å². The van der Waals surface area contributed by atoms with E-state index in [0.717, 1.165) is 6.42 Å². The molecule has 0 fully saturated rings. The Bertz CT molecular complexity index is 556. The van der Waals surface area contributed by atoms with E-state index in [1.807, 2.05) is 0 Å². The summed E-state index contributed by atoms with van der Waals surface area (Å²) in [5.74, 6) is 0.694. The fourth-order valence-corrected chi connectivity index (χ4v) is 2.70. The zero-order valence-corrected chi connectivity index (χ0v) is 13.4. The molecule has 0 heterocycles. The van der Waals surface area contributed by atoms with E-state index in [2.05, 4.69) is 83.1 Å². The van der Waals surface area contributed by atoms with Crippen molar-refractivity contribution in [2.75, 3.05) is 0 Å². The van der Waals surface area contributed by atoms with Crippen molar-refractivity contribution in [2.24, 2.45) is 5.92 Å². The highest BCUT2D eigenvalue weighted by atomic mass is 14.2. The number of hydrogen-bond donors (Lipinski definition) is 0. The molecule has 0 aromatic heterocycles. The molecule has 2 aromatic carbocycles. The van der Waals surface area contributed by atoms with Crippen LogP contribution >= 0.6 is 0 Å². The van der Waals surface area contributed by atoms with E-state index in [1.165, 1.54) is 22.3 Å². The molecule has 0 amide bonds. The van der Waals surface area contributed by atoms with E-state index in [-0.39, 0.29) is 5.41 Å². The second kappa shape index (κ2) is 5.83. The SMILES string of the molecule is CC(C)Cc1ccc(C(C)(C)C)c(-c2ccccc2)c1. The average molecular weight is 266 g/mol. The van der Waals surface area contributed by atoms with Gasteiger partial charge in [-0.15, -0.1) is 0 Å². The van der Waals surface area contributed by atoms with Crippen molar-refractivity contribution in [3.8, 4) is 11.1 Å². The fourth-order valence-electron chi connectivity index (χ4n) is 2.70. The predicted molar refractivity (Wildman–Crippen MR) is 89.1 cm³/mol. The van der Waals surface area contributed by atoms with Gasteiger partial charge in [0, 0.05) is 0 Å². The van der Waals surface area contributed by atoms with Crippen molar-refractivity contribution in [1.29, 1.82) is 0 Å². The molecule has 106 valence electrons. The van der Waals surface area contributed by atoms with E-state index in [4.69, 9.17) is 0 Å². The van der Waals surface area contributed by atoms with Crippen LogP contribution in [0.5, 0.6) is 0 Å². The Labute approximate surface area is 123 Å². The molecule has 20 heavy (non-hydrogen) atoms. The maximum atomic E-state index is 2.38. The van der Waals surface area contributed by atoms with E-state index in [0.29, 0.717) is 5.92 Å². The summed E-state index contributed by atoms with van der Waals surface area (Å²) in [5, 5.41) is 0. The molecule has 0 heteroatoms. The normalized spacial score (nSPS) is 11.9. The molecule has 0 aliphatic carbocycles. The smallest absolute Gasteiger partial charge is 0.0126 e. The first-order chi connectivity index (χ1) is 9.38. The lowest BCUT2D eigenvalue weighted by Crippen LogP contribution is -2.13. The van der Waals surface area contributed by atoms with Crippen LogP contribution in [-0.4, -0.2) is 0 Å². The quantitative estimate of drug-likeness (QED) is 0.653. The lowest BCUT2D eigenvalue weighted by molar-refractivity contribution is 0.590. The Kier molecular flexibility index (Phi) is 4.32. The predicted octanol–water partition coefficient (Wildman–Crippen LogP) is 5.85. The van der Waals surface area contributed by atoms with Crippen molar-refractivity contribution < 1.29 is 0 Å². The third-order valence-electron chi connectivity index (χ3n) is 3.62. The minimum absolute atomic E-state index is 0.168. The topological polar surface area (TPSA) is 0 Å². The third kappa shape index (κ3) is 3.50. The van der Waals surface area contributed by atoms with E-state index < -0.39 is 0 Å². The first kappa shape index (κ1) is 14.8. The maximum Gasteiger partial charge on any atom is -0.0126 e. The molecule has 0 bridgehead atoms. The summed E-state index contributed by atoms with van der Waals surface area (Å²) in [6.07, 6.45) is 1.14. The number of rotatable bonds is 3. The Morgan fingerprint density at radius 1 is 0.900 bits per heavy atom. The van der Waals surface area contributed by atoms with Gasteiger partial charge < -0.3 is 0 Å². The molecule has 0 aliphatic rings. The molecule has 0 nitrogen and oxygen atoms in total. The Morgan fingerprint density at radius 3 is 2.10 bits per heavy atom. The van der Waals surface area contributed by atoms with Crippen LogP contribution in [0.3, 0.4) is 0 Å². The molecule has 0 spiro atoms. The summed E-state index contributed by atoms with van der Waals surface area (Å²) in [6.45, 7) is 11.4. The first-order valence-corrected chi connectivity index (χ1v) is 7.57. The summed E-state index contributed by atoms with van der Waals surface area (Å²) in [7, 11) is 0. The van der Waals surface area contributed by atoms with Gasteiger partial charge in [0.15, 0.2) is 0 Å². The van der Waals surface area contributed by atoms with Crippen LogP contribution in [0.1, 0.15) is 45.7 Å². The summed E-state index contributed by atoms with van der Waals surface area (Å²) < 4.78 is 0. The zero-order chi connectivity index (χ0) is 14.8. The van der Waals surface area contributed by atoms with Gasteiger partial charge in [-0.05, 0) is 40.0 Å². The largest absolute Gasteiger partial charge is 0.0625 e. The van der Waals surface area contributed by atoms with Crippen LogP contribution in [0, 0.1) is 5.92 Å². The first-order valence-electron chi connectivity index (χ1n) is 7.57. The van der Waals surface area contributed by atoms with Crippen molar-refractivity contribution >= 4 is 0 Å². The van der Waals surface area contributed by atoms with Crippen molar-refractivity contribution in [2.45, 2.75) is 46.5 Å². The summed E-state index contributed by atoms with van der Waals surface area (Å²) >= 11 is 0.